The van der Waals surface area contributed by atoms with Gasteiger partial charge in [0.1, 0.15) is 6.10 Å². The molecule has 164 valence electrons. The van der Waals surface area contributed by atoms with Crippen molar-refractivity contribution in [1.82, 2.24) is 0 Å². The summed E-state index contributed by atoms with van der Waals surface area (Å²) in [5.74, 6) is 0.721. The lowest BCUT2D eigenvalue weighted by Crippen LogP contribution is -2.37. The van der Waals surface area contributed by atoms with Crippen molar-refractivity contribution in [3.8, 4) is 0 Å². The van der Waals surface area contributed by atoms with E-state index in [1.54, 1.807) is 0 Å². The van der Waals surface area contributed by atoms with E-state index in [9.17, 15) is 5.11 Å². The van der Waals surface area contributed by atoms with Crippen LogP contribution in [0.25, 0.3) is 0 Å². The van der Waals surface area contributed by atoms with Gasteiger partial charge in [0, 0.05) is 6.42 Å². The van der Waals surface area contributed by atoms with Gasteiger partial charge in [0.05, 0.1) is 0 Å². The quantitative estimate of drug-likeness (QED) is 0.191. The van der Waals surface area contributed by atoms with Crippen LogP contribution in [0.1, 0.15) is 130 Å². The fraction of sp³-hybridized carbons (Fsp3) is 0.880. The molecule has 1 aliphatic rings. The maximum absolute atomic E-state index is 10.6. The molecular formula is C25H47NO2. The molecule has 2 unspecified atom stereocenters. The van der Waals surface area contributed by atoms with E-state index >= 15 is 0 Å². The molecule has 1 aliphatic heterocycles. The summed E-state index contributed by atoms with van der Waals surface area (Å²) >= 11 is 0. The van der Waals surface area contributed by atoms with Crippen LogP contribution in [0.3, 0.4) is 0 Å². The van der Waals surface area contributed by atoms with Crippen LogP contribution in [-0.2, 0) is 4.74 Å². The smallest absolute Gasteiger partial charge is 0.196 e. The zero-order valence-corrected chi connectivity index (χ0v) is 19.1. The first-order valence-electron chi connectivity index (χ1n) is 12.3. The van der Waals surface area contributed by atoms with E-state index in [1.165, 1.54) is 83.5 Å². The summed E-state index contributed by atoms with van der Waals surface area (Å²) in [5, 5.41) is 10.6. The van der Waals surface area contributed by atoms with Gasteiger partial charge >= 0.3 is 0 Å². The predicted octanol–water partition coefficient (Wildman–Crippen LogP) is 7.72. The Hall–Kier alpha value is -0.830. The lowest BCUT2D eigenvalue weighted by atomic mass is 9.98. The van der Waals surface area contributed by atoms with Crippen molar-refractivity contribution in [2.75, 3.05) is 0 Å². The number of aliphatic imine (C=N–C) groups is 1. The number of nitrogens with zero attached hydrogens (tertiary/aromatic N) is 1. The zero-order valence-electron chi connectivity index (χ0n) is 19.1. The van der Waals surface area contributed by atoms with Crippen molar-refractivity contribution in [2.45, 2.75) is 142 Å². The highest BCUT2D eigenvalue weighted by molar-refractivity contribution is 5.78. The van der Waals surface area contributed by atoms with Crippen LogP contribution in [0.15, 0.2) is 17.1 Å². The van der Waals surface area contributed by atoms with Crippen LogP contribution in [0.4, 0.5) is 0 Å². The number of rotatable bonds is 18. The van der Waals surface area contributed by atoms with Crippen LogP contribution in [0.2, 0.25) is 0 Å². The van der Waals surface area contributed by atoms with Crippen molar-refractivity contribution >= 4 is 5.90 Å². The molecule has 0 saturated heterocycles. The highest BCUT2D eigenvalue weighted by atomic mass is 16.5. The summed E-state index contributed by atoms with van der Waals surface area (Å²) in [6, 6.07) is 0. The van der Waals surface area contributed by atoms with E-state index < -0.39 is 5.72 Å². The monoisotopic (exact) mass is 393 g/mol. The molecule has 1 heterocycles. The second kappa shape index (κ2) is 16.0. The molecule has 1 N–H and O–H groups in total. The van der Waals surface area contributed by atoms with Crippen LogP contribution >= 0.6 is 0 Å². The second-order valence-corrected chi connectivity index (χ2v) is 8.42. The Bertz CT molecular complexity index is 432. The third-order valence-corrected chi connectivity index (χ3v) is 5.91. The normalized spacial score (nSPS) is 22.0. The highest BCUT2D eigenvalue weighted by Gasteiger charge is 2.41. The molecule has 3 nitrogen and oxygen atoms in total. The summed E-state index contributed by atoms with van der Waals surface area (Å²) in [4.78, 5) is 4.37. The number of hydrogen-bond donors (Lipinski definition) is 1. The summed E-state index contributed by atoms with van der Waals surface area (Å²) in [7, 11) is 0. The third kappa shape index (κ3) is 10.6. The third-order valence-electron chi connectivity index (χ3n) is 5.91. The Balaban J connectivity index is 1.90. The molecule has 0 bridgehead atoms. The van der Waals surface area contributed by atoms with Gasteiger partial charge in [-0.2, -0.15) is 0 Å². The first-order valence-corrected chi connectivity index (χ1v) is 12.3. The Morgan fingerprint density at radius 3 is 1.89 bits per heavy atom. The van der Waals surface area contributed by atoms with E-state index in [2.05, 4.69) is 24.1 Å². The molecule has 0 spiro atoms. The minimum Gasteiger partial charge on any atom is -0.473 e. The summed E-state index contributed by atoms with van der Waals surface area (Å²) in [6.45, 7) is 6.29. The maximum atomic E-state index is 10.6. The van der Waals surface area contributed by atoms with Gasteiger partial charge in [-0.25, -0.2) is 4.99 Å². The van der Waals surface area contributed by atoms with Crippen LogP contribution in [0, 0.1) is 0 Å². The Morgan fingerprint density at radius 1 is 0.821 bits per heavy atom. The molecule has 0 radical (unpaired) electrons. The Labute approximate surface area is 175 Å². The van der Waals surface area contributed by atoms with Crippen LogP contribution in [-0.4, -0.2) is 22.8 Å². The van der Waals surface area contributed by atoms with Crippen LogP contribution in [0.5, 0.6) is 0 Å². The second-order valence-electron chi connectivity index (χ2n) is 8.42. The minimum absolute atomic E-state index is 0.135. The topological polar surface area (TPSA) is 41.8 Å². The van der Waals surface area contributed by atoms with Gasteiger partial charge in [-0.1, -0.05) is 90.7 Å². The molecule has 0 aliphatic carbocycles. The molecule has 0 amide bonds. The molecule has 0 fully saturated rings. The fourth-order valence-electron chi connectivity index (χ4n) is 3.91. The van der Waals surface area contributed by atoms with E-state index in [4.69, 9.17) is 4.74 Å². The molecule has 0 aromatic heterocycles. The minimum atomic E-state index is -0.979. The van der Waals surface area contributed by atoms with Gasteiger partial charge in [0.25, 0.3) is 0 Å². The summed E-state index contributed by atoms with van der Waals surface area (Å²) < 4.78 is 5.83. The molecule has 0 aromatic rings. The number of aliphatic hydroxyl groups is 1. The number of unbranched alkanes of at least 4 members (excludes halogenated alkanes) is 12. The van der Waals surface area contributed by atoms with Gasteiger partial charge < -0.3 is 9.84 Å². The van der Waals surface area contributed by atoms with Gasteiger partial charge in [-0.3, -0.25) is 0 Å². The van der Waals surface area contributed by atoms with Crippen molar-refractivity contribution in [2.24, 2.45) is 4.99 Å². The molecule has 0 saturated carbocycles. The van der Waals surface area contributed by atoms with Gasteiger partial charge in [0.15, 0.2) is 11.6 Å². The van der Waals surface area contributed by atoms with E-state index in [1.807, 2.05) is 13.8 Å². The van der Waals surface area contributed by atoms with Gasteiger partial charge in [-0.05, 0) is 44.9 Å². The van der Waals surface area contributed by atoms with E-state index in [-0.39, 0.29) is 6.10 Å². The van der Waals surface area contributed by atoms with Gasteiger partial charge in [0.2, 0.25) is 0 Å². The maximum Gasteiger partial charge on any atom is 0.196 e. The Morgan fingerprint density at radius 2 is 1.36 bits per heavy atom. The van der Waals surface area contributed by atoms with Crippen molar-refractivity contribution < 1.29 is 9.84 Å². The fourth-order valence-corrected chi connectivity index (χ4v) is 3.91. The lowest BCUT2D eigenvalue weighted by Gasteiger charge is -2.24. The molecule has 28 heavy (non-hydrogen) atoms. The predicted molar refractivity (Wildman–Crippen MR) is 122 cm³/mol. The number of allylic oxidation sites excluding steroid dienone is 2. The molecular weight excluding hydrogens is 346 g/mol. The average molecular weight is 394 g/mol. The first kappa shape index (κ1) is 25.2. The first-order chi connectivity index (χ1) is 13.7. The highest BCUT2D eigenvalue weighted by Crippen LogP contribution is 2.31. The number of hydrogen-bond acceptors (Lipinski definition) is 3. The molecule has 1 rings (SSSR count). The SMILES string of the molecule is CCCCCCCC/C=C\CCCCCCCCC1OC(CC)=NC1(O)CC. The summed E-state index contributed by atoms with van der Waals surface area (Å²) in [5.41, 5.74) is -0.979. The Kier molecular flexibility index (Phi) is 14.4. The van der Waals surface area contributed by atoms with Crippen molar-refractivity contribution in [3.63, 3.8) is 0 Å². The average Bonchev–Trinajstić information content (AvgIpc) is 3.04. The van der Waals surface area contributed by atoms with Crippen molar-refractivity contribution in [1.29, 1.82) is 0 Å². The molecule has 0 aromatic carbocycles. The van der Waals surface area contributed by atoms with Crippen LogP contribution < -0.4 is 0 Å². The standard InChI is InChI=1S/C25H47NO2/c1-4-7-8-9-10-11-12-13-14-15-16-17-18-19-20-21-22-23-25(27,6-3)26-24(5-2)28-23/h13-14,23,27H,4-12,15-22H2,1-3H3/b14-13-. The van der Waals surface area contributed by atoms with Gasteiger partial charge in [-0.15, -0.1) is 0 Å². The lowest BCUT2D eigenvalue weighted by molar-refractivity contribution is -0.0427. The largest absolute Gasteiger partial charge is 0.473 e. The van der Waals surface area contributed by atoms with E-state index in [0.717, 1.165) is 25.2 Å². The van der Waals surface area contributed by atoms with E-state index in [0.29, 0.717) is 6.42 Å². The zero-order chi connectivity index (χ0) is 20.5. The number of ether oxygens (including phenoxy) is 1. The summed E-state index contributed by atoms with van der Waals surface area (Å²) in [6.07, 6.45) is 25.4. The van der Waals surface area contributed by atoms with Crippen molar-refractivity contribution in [3.05, 3.63) is 12.2 Å². The molecule has 3 heteroatoms. The molecule has 2 atom stereocenters.